The largest absolute Gasteiger partial charge is 0.198 e. The highest BCUT2D eigenvalue weighted by molar-refractivity contribution is 5.73. The molecule has 0 saturated carbocycles. The molecule has 2 aromatic rings. The minimum Gasteiger partial charge on any atom is -0.198 e. The Bertz CT molecular complexity index is 620. The van der Waals surface area contributed by atoms with Crippen molar-refractivity contribution in [3.8, 4) is 17.2 Å². The highest BCUT2D eigenvalue weighted by atomic mass is 14.2. The van der Waals surface area contributed by atoms with Gasteiger partial charge in [0.05, 0.1) is 6.07 Å². The molecule has 0 spiro atoms. The van der Waals surface area contributed by atoms with Gasteiger partial charge in [0.25, 0.3) is 0 Å². The highest BCUT2D eigenvalue weighted by Crippen LogP contribution is 2.33. The van der Waals surface area contributed by atoms with E-state index in [2.05, 4.69) is 48.5 Å². The summed E-state index contributed by atoms with van der Waals surface area (Å²) in [5.74, 6) is 0. The van der Waals surface area contributed by atoms with Crippen molar-refractivity contribution in [1.29, 1.82) is 5.26 Å². The zero-order valence-corrected chi connectivity index (χ0v) is 10.3. The fraction of sp³-hybridized carbons (Fsp3) is 0.235. The lowest BCUT2D eigenvalue weighted by molar-refractivity contribution is 0.929. The van der Waals surface area contributed by atoms with Crippen LogP contribution in [0.3, 0.4) is 0 Å². The predicted octanol–water partition coefficient (Wildman–Crippen LogP) is 3.91. The van der Waals surface area contributed by atoms with Crippen molar-refractivity contribution in [3.05, 3.63) is 59.2 Å². The summed E-state index contributed by atoms with van der Waals surface area (Å²) >= 11 is 0. The number of nitrogens with zero attached hydrogens (tertiary/aromatic N) is 1. The number of aryl methyl sites for hydroxylation is 3. The molecule has 0 aromatic heterocycles. The average Bonchev–Trinajstić information content (AvgIpc) is 2.44. The van der Waals surface area contributed by atoms with Crippen LogP contribution in [0.5, 0.6) is 0 Å². The van der Waals surface area contributed by atoms with Gasteiger partial charge in [0.15, 0.2) is 0 Å². The summed E-state index contributed by atoms with van der Waals surface area (Å²) in [6, 6.07) is 17.5. The quantitative estimate of drug-likeness (QED) is 0.771. The van der Waals surface area contributed by atoms with Crippen LogP contribution in [0.15, 0.2) is 42.5 Å². The van der Waals surface area contributed by atoms with Gasteiger partial charge in [-0.3, -0.25) is 0 Å². The van der Waals surface area contributed by atoms with Gasteiger partial charge < -0.3 is 0 Å². The highest BCUT2D eigenvalue weighted by Gasteiger charge is 2.15. The van der Waals surface area contributed by atoms with Crippen LogP contribution < -0.4 is 0 Å². The van der Waals surface area contributed by atoms with Crippen LogP contribution in [0.1, 0.15) is 23.1 Å². The van der Waals surface area contributed by atoms with E-state index in [-0.39, 0.29) is 0 Å². The lowest BCUT2D eigenvalue weighted by atomic mass is 9.84. The molecule has 0 unspecified atom stereocenters. The summed E-state index contributed by atoms with van der Waals surface area (Å²) in [6.45, 7) is 0. The average molecular weight is 233 g/mol. The maximum atomic E-state index is 8.65. The third-order valence-electron chi connectivity index (χ3n) is 3.67. The van der Waals surface area contributed by atoms with Gasteiger partial charge in [-0.15, -0.1) is 0 Å². The van der Waals surface area contributed by atoms with Crippen LogP contribution in [0, 0.1) is 11.3 Å². The molecule has 0 radical (unpaired) electrons. The van der Waals surface area contributed by atoms with Crippen molar-refractivity contribution in [2.75, 3.05) is 0 Å². The van der Waals surface area contributed by atoms with Gasteiger partial charge in [-0.2, -0.15) is 5.26 Å². The van der Waals surface area contributed by atoms with Crippen molar-refractivity contribution < 1.29 is 0 Å². The molecular weight excluding hydrogens is 218 g/mol. The first-order valence-corrected chi connectivity index (χ1v) is 6.45. The van der Waals surface area contributed by atoms with Gasteiger partial charge in [-0.05, 0) is 47.1 Å². The molecule has 0 bridgehead atoms. The van der Waals surface area contributed by atoms with E-state index in [9.17, 15) is 0 Å². The van der Waals surface area contributed by atoms with Crippen LogP contribution in [0.2, 0.25) is 0 Å². The number of fused-ring (bicyclic) bond motifs is 3. The van der Waals surface area contributed by atoms with Gasteiger partial charge in [0.1, 0.15) is 0 Å². The molecule has 2 aromatic carbocycles. The Morgan fingerprint density at radius 1 is 0.944 bits per heavy atom. The first-order valence-electron chi connectivity index (χ1n) is 6.45. The Hall–Kier alpha value is -2.07. The van der Waals surface area contributed by atoms with E-state index in [1.807, 2.05) is 0 Å². The van der Waals surface area contributed by atoms with Crippen molar-refractivity contribution >= 4 is 0 Å². The lowest BCUT2D eigenvalue weighted by Crippen LogP contribution is -2.04. The Labute approximate surface area is 108 Å². The molecule has 1 nitrogen and oxygen atoms in total. The third-order valence-corrected chi connectivity index (χ3v) is 3.67. The molecule has 0 atom stereocenters. The van der Waals surface area contributed by atoms with E-state index in [4.69, 9.17) is 5.26 Å². The number of hydrogen-bond donors (Lipinski definition) is 0. The summed E-state index contributed by atoms with van der Waals surface area (Å²) in [6.07, 6.45) is 3.72. The zero-order chi connectivity index (χ0) is 12.4. The van der Waals surface area contributed by atoms with Crippen LogP contribution in [-0.4, -0.2) is 0 Å². The van der Waals surface area contributed by atoms with E-state index in [1.165, 1.54) is 27.8 Å². The molecule has 1 heteroatoms. The third kappa shape index (κ3) is 1.91. The minimum absolute atomic E-state index is 0.607. The summed E-state index contributed by atoms with van der Waals surface area (Å²) in [4.78, 5) is 0. The number of rotatable bonds is 2. The monoisotopic (exact) mass is 233 g/mol. The normalized spacial score (nSPS) is 12.4. The second-order valence-electron chi connectivity index (χ2n) is 4.81. The molecule has 0 N–H and O–H groups in total. The van der Waals surface area contributed by atoms with E-state index in [0.717, 1.165) is 19.3 Å². The maximum Gasteiger partial charge on any atom is 0.0625 e. The van der Waals surface area contributed by atoms with Gasteiger partial charge in [0, 0.05) is 6.42 Å². The van der Waals surface area contributed by atoms with Gasteiger partial charge >= 0.3 is 0 Å². The standard InChI is InChI=1S/C17H15N/c18-11-3-4-13-7-10-17-15(12-13)9-8-14-5-1-2-6-16(14)17/h1-2,5-7,10,12H,3-4,8-9H2. The SMILES string of the molecule is N#CCCc1ccc2c(c1)CCc1ccccc1-2. The number of nitriles is 1. The zero-order valence-electron chi connectivity index (χ0n) is 10.3. The summed E-state index contributed by atoms with van der Waals surface area (Å²) in [5, 5.41) is 8.65. The van der Waals surface area contributed by atoms with Gasteiger partial charge in [0.2, 0.25) is 0 Å². The maximum absolute atomic E-state index is 8.65. The lowest BCUT2D eigenvalue weighted by Gasteiger charge is -2.20. The fourth-order valence-corrected chi connectivity index (χ4v) is 2.74. The van der Waals surface area contributed by atoms with E-state index >= 15 is 0 Å². The first kappa shape index (κ1) is 11.0. The molecule has 3 rings (SSSR count). The molecule has 88 valence electrons. The molecule has 0 saturated heterocycles. The Balaban J connectivity index is 2.01. The van der Waals surface area contributed by atoms with Crippen LogP contribution in [0.4, 0.5) is 0 Å². The van der Waals surface area contributed by atoms with E-state index in [0.29, 0.717) is 6.42 Å². The van der Waals surface area contributed by atoms with Crippen molar-refractivity contribution in [2.45, 2.75) is 25.7 Å². The second-order valence-corrected chi connectivity index (χ2v) is 4.81. The van der Waals surface area contributed by atoms with Gasteiger partial charge in [-0.1, -0.05) is 42.5 Å². The smallest absolute Gasteiger partial charge is 0.0625 e. The molecule has 0 heterocycles. The summed E-state index contributed by atoms with van der Waals surface area (Å²) in [5.41, 5.74) is 6.93. The molecular formula is C17H15N. The predicted molar refractivity (Wildman–Crippen MR) is 73.2 cm³/mol. The Kier molecular flexibility index (Phi) is 2.86. The van der Waals surface area contributed by atoms with Crippen molar-refractivity contribution in [1.82, 2.24) is 0 Å². The molecule has 0 amide bonds. The summed E-state index contributed by atoms with van der Waals surface area (Å²) in [7, 11) is 0. The number of benzene rings is 2. The topological polar surface area (TPSA) is 23.8 Å². The van der Waals surface area contributed by atoms with Crippen LogP contribution in [-0.2, 0) is 19.3 Å². The summed E-state index contributed by atoms with van der Waals surface area (Å²) < 4.78 is 0. The Morgan fingerprint density at radius 2 is 1.72 bits per heavy atom. The van der Waals surface area contributed by atoms with Crippen LogP contribution >= 0.6 is 0 Å². The van der Waals surface area contributed by atoms with E-state index < -0.39 is 0 Å². The van der Waals surface area contributed by atoms with Crippen molar-refractivity contribution in [3.63, 3.8) is 0 Å². The molecule has 0 fully saturated rings. The number of hydrogen-bond acceptors (Lipinski definition) is 1. The molecule has 18 heavy (non-hydrogen) atoms. The van der Waals surface area contributed by atoms with Crippen molar-refractivity contribution in [2.24, 2.45) is 0 Å². The van der Waals surface area contributed by atoms with Crippen LogP contribution in [0.25, 0.3) is 11.1 Å². The fourth-order valence-electron chi connectivity index (χ4n) is 2.74. The first-order chi connectivity index (χ1) is 8.88. The molecule has 1 aliphatic rings. The second kappa shape index (κ2) is 4.66. The van der Waals surface area contributed by atoms with Gasteiger partial charge in [-0.25, -0.2) is 0 Å². The molecule has 0 aliphatic heterocycles. The van der Waals surface area contributed by atoms with E-state index in [1.54, 1.807) is 0 Å². The molecule has 1 aliphatic carbocycles. The minimum atomic E-state index is 0.607. The Morgan fingerprint density at radius 3 is 2.61 bits per heavy atom.